The van der Waals surface area contributed by atoms with Gasteiger partial charge in [-0.3, -0.25) is 14.2 Å². The molecule has 1 aliphatic rings. The quantitative estimate of drug-likeness (QED) is 0.199. The SMILES string of the molecule is CCc1cccc(CC)c1-n1c(C=C(C)C)c(C(=O)N2CCCC(CC)C2)cc(-c2nc(-c3ccc(Cl)cc3)cs2)c1=O. The summed E-state index contributed by atoms with van der Waals surface area (Å²) >= 11 is 7.55. The molecule has 5 rings (SSSR count). The minimum Gasteiger partial charge on any atom is -0.338 e. The number of pyridine rings is 1. The summed E-state index contributed by atoms with van der Waals surface area (Å²) in [4.78, 5) is 36.1. The van der Waals surface area contributed by atoms with E-state index < -0.39 is 0 Å². The summed E-state index contributed by atoms with van der Waals surface area (Å²) < 4.78 is 1.80. The molecule has 4 aromatic rings. The van der Waals surface area contributed by atoms with Gasteiger partial charge in [-0.25, -0.2) is 4.98 Å². The van der Waals surface area contributed by atoms with E-state index in [2.05, 4.69) is 39.0 Å². The number of nitrogens with zero attached hydrogens (tertiary/aromatic N) is 3. The second-order valence-electron chi connectivity index (χ2n) is 11.6. The molecule has 0 aliphatic carbocycles. The van der Waals surface area contributed by atoms with E-state index in [1.165, 1.54) is 11.3 Å². The van der Waals surface area contributed by atoms with Gasteiger partial charge in [-0.15, -0.1) is 11.3 Å². The standard InChI is InChI=1S/C36H40ClN3O2S/c1-6-24-11-10-18-39(21-24)35(41)29-20-30(34-38-31(22-43-34)27-14-16-28(37)17-15-27)36(42)40(32(29)19-23(4)5)33-25(7-2)12-9-13-26(33)8-3/h9,12-17,19-20,22,24H,6-8,10-11,18,21H2,1-5H3. The first-order valence-electron chi connectivity index (χ1n) is 15.3. The van der Waals surface area contributed by atoms with Crippen LogP contribution in [0.3, 0.4) is 0 Å². The number of hydrogen-bond donors (Lipinski definition) is 0. The lowest BCUT2D eigenvalue weighted by molar-refractivity contribution is 0.0670. The van der Waals surface area contributed by atoms with E-state index in [0.717, 1.165) is 78.8 Å². The summed E-state index contributed by atoms with van der Waals surface area (Å²) in [5.41, 5.74) is 7.20. The van der Waals surface area contributed by atoms with E-state index in [9.17, 15) is 9.59 Å². The van der Waals surface area contributed by atoms with Crippen LogP contribution in [0.25, 0.3) is 33.6 Å². The Labute approximate surface area is 263 Å². The Balaban J connectivity index is 1.80. The minimum absolute atomic E-state index is 0.0258. The fourth-order valence-electron chi connectivity index (χ4n) is 6.00. The highest BCUT2D eigenvalue weighted by Crippen LogP contribution is 2.33. The van der Waals surface area contributed by atoms with Crippen LogP contribution < -0.4 is 5.56 Å². The van der Waals surface area contributed by atoms with Crippen molar-refractivity contribution in [1.29, 1.82) is 0 Å². The number of aryl methyl sites for hydroxylation is 2. The number of amides is 1. The maximum Gasteiger partial charge on any atom is 0.265 e. The normalized spacial score (nSPS) is 15.0. The molecule has 7 heteroatoms. The first-order valence-corrected chi connectivity index (χ1v) is 16.6. The summed E-state index contributed by atoms with van der Waals surface area (Å²) in [5, 5.41) is 3.21. The van der Waals surface area contributed by atoms with Crippen LogP contribution in [0.4, 0.5) is 0 Å². The van der Waals surface area contributed by atoms with Gasteiger partial charge in [0.05, 0.1) is 28.2 Å². The van der Waals surface area contributed by atoms with E-state index in [-0.39, 0.29) is 11.5 Å². The van der Waals surface area contributed by atoms with E-state index in [0.29, 0.717) is 32.8 Å². The summed E-state index contributed by atoms with van der Waals surface area (Å²) in [6, 6.07) is 15.6. The average molecular weight is 614 g/mol. The first-order chi connectivity index (χ1) is 20.7. The molecule has 1 fully saturated rings. The van der Waals surface area contributed by atoms with Crippen molar-refractivity contribution >= 4 is 34.9 Å². The molecule has 3 heterocycles. The topological polar surface area (TPSA) is 55.2 Å². The molecule has 5 nitrogen and oxygen atoms in total. The van der Waals surface area contributed by atoms with Gasteiger partial charge >= 0.3 is 0 Å². The van der Waals surface area contributed by atoms with Gasteiger partial charge in [0.15, 0.2) is 0 Å². The van der Waals surface area contributed by atoms with Crippen LogP contribution >= 0.6 is 22.9 Å². The third-order valence-corrected chi connectivity index (χ3v) is 9.47. The van der Waals surface area contributed by atoms with Gasteiger partial charge in [-0.2, -0.15) is 0 Å². The van der Waals surface area contributed by atoms with Gasteiger partial charge in [0.2, 0.25) is 0 Å². The highest BCUT2D eigenvalue weighted by molar-refractivity contribution is 7.13. The number of thiazole rings is 1. The van der Waals surface area contributed by atoms with Gasteiger partial charge in [-0.1, -0.05) is 74.7 Å². The monoisotopic (exact) mass is 613 g/mol. The smallest absolute Gasteiger partial charge is 0.265 e. The van der Waals surface area contributed by atoms with Gasteiger partial charge in [0, 0.05) is 29.1 Å². The molecule has 1 aliphatic heterocycles. The van der Waals surface area contributed by atoms with Gasteiger partial charge in [0.25, 0.3) is 11.5 Å². The third-order valence-electron chi connectivity index (χ3n) is 8.34. The second kappa shape index (κ2) is 13.4. The van der Waals surface area contributed by atoms with Crippen molar-refractivity contribution in [3.63, 3.8) is 0 Å². The lowest BCUT2D eigenvalue weighted by Gasteiger charge is -2.33. The predicted molar refractivity (Wildman–Crippen MR) is 181 cm³/mol. The number of carbonyl (C=O) groups excluding carboxylic acids is 1. The van der Waals surface area contributed by atoms with Crippen LogP contribution in [0.15, 0.2) is 64.3 Å². The van der Waals surface area contributed by atoms with E-state index in [1.54, 1.807) is 10.6 Å². The molecule has 0 bridgehead atoms. The molecule has 2 aromatic carbocycles. The molecule has 0 radical (unpaired) electrons. The predicted octanol–water partition coefficient (Wildman–Crippen LogP) is 9.09. The maximum atomic E-state index is 14.7. The third kappa shape index (κ3) is 6.41. The Morgan fingerprint density at radius 2 is 1.77 bits per heavy atom. The molecule has 224 valence electrons. The van der Waals surface area contributed by atoms with Crippen LogP contribution in [-0.4, -0.2) is 33.4 Å². The number of benzene rings is 2. The van der Waals surface area contributed by atoms with Crippen LogP contribution in [0.1, 0.15) is 81.1 Å². The van der Waals surface area contributed by atoms with Crippen LogP contribution in [-0.2, 0) is 12.8 Å². The number of hydrogen-bond acceptors (Lipinski definition) is 4. The van der Waals surface area contributed by atoms with Crippen molar-refractivity contribution in [2.75, 3.05) is 13.1 Å². The van der Waals surface area contributed by atoms with Crippen molar-refractivity contribution < 1.29 is 4.79 Å². The van der Waals surface area contributed by atoms with Gasteiger partial charge < -0.3 is 4.90 Å². The molecular formula is C36H40ClN3O2S. The van der Waals surface area contributed by atoms with Crippen molar-refractivity contribution in [3.05, 3.63) is 97.2 Å². The second-order valence-corrected chi connectivity index (χ2v) is 12.9. The average Bonchev–Trinajstić information content (AvgIpc) is 3.51. The van der Waals surface area contributed by atoms with Gasteiger partial charge in [0.1, 0.15) is 5.01 Å². The van der Waals surface area contributed by atoms with Crippen molar-refractivity contribution in [2.45, 2.75) is 66.7 Å². The molecule has 0 N–H and O–H groups in total. The van der Waals surface area contributed by atoms with Crippen LogP contribution in [0.2, 0.25) is 5.02 Å². The molecule has 1 saturated heterocycles. The lowest BCUT2D eigenvalue weighted by atomic mass is 9.94. The molecule has 0 saturated carbocycles. The summed E-state index contributed by atoms with van der Waals surface area (Å²) in [6.07, 6.45) is 6.70. The molecular weight excluding hydrogens is 574 g/mol. The van der Waals surface area contributed by atoms with Crippen LogP contribution in [0.5, 0.6) is 0 Å². The Morgan fingerprint density at radius 3 is 2.40 bits per heavy atom. The molecule has 1 atom stereocenters. The number of para-hydroxylation sites is 1. The van der Waals surface area contributed by atoms with Crippen molar-refractivity contribution in [1.82, 2.24) is 14.5 Å². The molecule has 43 heavy (non-hydrogen) atoms. The Bertz CT molecular complexity index is 1690. The van der Waals surface area contributed by atoms with Gasteiger partial charge in [-0.05, 0) is 80.9 Å². The molecule has 1 amide bonds. The first kappa shape index (κ1) is 31.0. The maximum absolute atomic E-state index is 14.7. The van der Waals surface area contributed by atoms with E-state index >= 15 is 0 Å². The summed E-state index contributed by atoms with van der Waals surface area (Å²) in [7, 11) is 0. The number of carbonyl (C=O) groups is 1. The Kier molecular flexibility index (Phi) is 9.68. The molecule has 2 aromatic heterocycles. The minimum atomic E-state index is -0.165. The number of likely N-dealkylation sites (tertiary alicyclic amines) is 1. The number of piperidine rings is 1. The number of rotatable bonds is 8. The highest BCUT2D eigenvalue weighted by Gasteiger charge is 2.29. The lowest BCUT2D eigenvalue weighted by Crippen LogP contribution is -2.41. The van der Waals surface area contributed by atoms with Crippen molar-refractivity contribution in [3.8, 4) is 27.5 Å². The summed E-state index contributed by atoms with van der Waals surface area (Å²) in [5.74, 6) is 0.463. The fraction of sp³-hybridized carbons (Fsp3) is 0.361. The zero-order chi connectivity index (χ0) is 30.7. The number of allylic oxidation sites excluding steroid dienone is 1. The fourth-order valence-corrected chi connectivity index (χ4v) is 6.96. The number of halogens is 1. The van der Waals surface area contributed by atoms with Crippen LogP contribution in [0, 0.1) is 5.92 Å². The van der Waals surface area contributed by atoms with Crippen molar-refractivity contribution in [2.24, 2.45) is 5.92 Å². The zero-order valence-corrected chi connectivity index (χ0v) is 27.3. The largest absolute Gasteiger partial charge is 0.338 e. The number of aromatic nitrogens is 2. The molecule has 0 spiro atoms. The van der Waals surface area contributed by atoms with E-state index in [4.69, 9.17) is 16.6 Å². The zero-order valence-electron chi connectivity index (χ0n) is 25.7. The Morgan fingerprint density at radius 1 is 1.07 bits per heavy atom. The van der Waals surface area contributed by atoms with E-state index in [1.807, 2.05) is 54.5 Å². The highest BCUT2D eigenvalue weighted by atomic mass is 35.5. The molecule has 1 unspecified atom stereocenters. The summed E-state index contributed by atoms with van der Waals surface area (Å²) in [6.45, 7) is 11.9. The Hall–Kier alpha value is -3.48.